The topological polar surface area (TPSA) is 139 Å². The molecule has 2 aromatic carbocycles. The van der Waals surface area contributed by atoms with Crippen LogP contribution in [0.5, 0.6) is 11.5 Å². The molecule has 1 aliphatic heterocycles. The second kappa shape index (κ2) is 7.23. The van der Waals surface area contributed by atoms with Gasteiger partial charge in [0.15, 0.2) is 12.1 Å². The molecule has 29 heavy (non-hydrogen) atoms. The highest BCUT2D eigenvalue weighted by Crippen LogP contribution is 2.37. The van der Waals surface area contributed by atoms with Crippen molar-refractivity contribution in [2.45, 2.75) is 44.5 Å². The first-order valence-electron chi connectivity index (χ1n) is 9.26. The number of carbonyl (C=O) groups is 2. The Morgan fingerprint density at radius 2 is 1.83 bits per heavy atom. The van der Waals surface area contributed by atoms with Crippen molar-refractivity contribution in [3.63, 3.8) is 0 Å². The van der Waals surface area contributed by atoms with Gasteiger partial charge in [-0.25, -0.2) is 0 Å². The summed E-state index contributed by atoms with van der Waals surface area (Å²) in [4.78, 5) is 25.6. The van der Waals surface area contributed by atoms with Gasteiger partial charge in [-0.3, -0.25) is 9.59 Å². The molecule has 5 N–H and O–H groups in total. The third-order valence-corrected chi connectivity index (χ3v) is 5.35. The molecule has 1 fully saturated rings. The van der Waals surface area contributed by atoms with E-state index in [1.54, 1.807) is 6.92 Å². The lowest BCUT2D eigenvalue weighted by Crippen LogP contribution is -2.51. The first-order chi connectivity index (χ1) is 13.8. The number of rotatable bonds is 3. The van der Waals surface area contributed by atoms with Gasteiger partial charge in [0.1, 0.15) is 11.5 Å². The minimum atomic E-state index is -0.775. The molecule has 1 aliphatic carbocycles. The lowest BCUT2D eigenvalue weighted by molar-refractivity contribution is -0.226. The van der Waals surface area contributed by atoms with Crippen LogP contribution >= 0.6 is 0 Å². The Labute approximate surface area is 166 Å². The first-order valence-corrected chi connectivity index (χ1v) is 9.26. The van der Waals surface area contributed by atoms with Crippen LogP contribution in [0.25, 0.3) is 0 Å². The van der Waals surface area contributed by atoms with E-state index in [4.69, 9.17) is 15.2 Å². The van der Waals surface area contributed by atoms with E-state index in [0.717, 1.165) is 0 Å². The van der Waals surface area contributed by atoms with E-state index < -0.39 is 36.1 Å². The Morgan fingerprint density at radius 3 is 2.55 bits per heavy atom. The molecule has 8 heteroatoms. The summed E-state index contributed by atoms with van der Waals surface area (Å²) in [5.74, 6) is -1.74. The maximum atomic E-state index is 12.9. The smallest absolute Gasteiger partial charge is 0.201 e. The number of hydrogen-bond acceptors (Lipinski definition) is 8. The molecule has 0 aromatic heterocycles. The fourth-order valence-corrected chi connectivity index (χ4v) is 3.81. The number of phenolic OH excluding ortho intramolecular Hbond substituents is 2. The zero-order valence-corrected chi connectivity index (χ0v) is 15.7. The zero-order chi connectivity index (χ0) is 20.9. The highest BCUT2D eigenvalue weighted by molar-refractivity contribution is 6.30. The van der Waals surface area contributed by atoms with Gasteiger partial charge in [0, 0.05) is 23.6 Å². The first kappa shape index (κ1) is 19.5. The number of hydrogen-bond donors (Lipinski definition) is 4. The van der Waals surface area contributed by atoms with Crippen LogP contribution in [0, 0.1) is 0 Å². The molecule has 4 rings (SSSR count). The molecule has 4 atom stereocenters. The highest BCUT2D eigenvalue weighted by atomic mass is 16.7. The minimum absolute atomic E-state index is 0.00933. The highest BCUT2D eigenvalue weighted by Gasteiger charge is 2.35. The van der Waals surface area contributed by atoms with Gasteiger partial charge < -0.3 is 30.5 Å². The van der Waals surface area contributed by atoms with Crippen LogP contribution in [0.2, 0.25) is 0 Å². The molecule has 8 nitrogen and oxygen atoms in total. The number of carbonyl (C=O) groups excluding carboxylic acids is 2. The largest absolute Gasteiger partial charge is 0.507 e. The number of nitrogens with two attached hydrogens (primary N) is 1. The summed E-state index contributed by atoms with van der Waals surface area (Å²) in [5, 5.41) is 30.2. The van der Waals surface area contributed by atoms with E-state index in [0.29, 0.717) is 12.0 Å². The maximum absolute atomic E-state index is 12.9. The van der Waals surface area contributed by atoms with Crippen molar-refractivity contribution < 1.29 is 34.4 Å². The van der Waals surface area contributed by atoms with Crippen molar-refractivity contribution in [3.8, 4) is 11.5 Å². The molecule has 152 valence electrons. The second-order valence-corrected chi connectivity index (χ2v) is 7.37. The van der Waals surface area contributed by atoms with E-state index >= 15 is 0 Å². The average Bonchev–Trinajstić information content (AvgIpc) is 2.68. The maximum Gasteiger partial charge on any atom is 0.201 e. The normalized spacial score (nSPS) is 26.2. The molecule has 2 aromatic rings. The molecule has 0 bridgehead atoms. The number of aliphatic hydroxyl groups excluding tert-OH is 1. The molecule has 0 radical (unpaired) electrons. The summed E-state index contributed by atoms with van der Waals surface area (Å²) in [5.41, 5.74) is 6.25. The Balaban J connectivity index is 1.60. The van der Waals surface area contributed by atoms with E-state index in [-0.39, 0.29) is 40.4 Å². The predicted octanol–water partition coefficient (Wildman–Crippen LogP) is 1.21. The SMILES string of the molecule is C[C@@H]1O[C@@H](OCc2cc(O)c3c(c2)C(=O)c2cccc(O)c2C3=O)C[C@H](N)[C@@H]1O. The molecule has 0 unspecified atom stereocenters. The van der Waals surface area contributed by atoms with E-state index in [9.17, 15) is 24.9 Å². The molecule has 2 aliphatic rings. The van der Waals surface area contributed by atoms with Crippen LogP contribution in [-0.2, 0) is 16.1 Å². The van der Waals surface area contributed by atoms with Gasteiger partial charge in [-0.15, -0.1) is 0 Å². The fourth-order valence-electron chi connectivity index (χ4n) is 3.81. The number of aliphatic hydroxyl groups is 1. The summed E-state index contributed by atoms with van der Waals surface area (Å²) in [6.07, 6.45) is -1.60. The van der Waals surface area contributed by atoms with Crippen molar-refractivity contribution in [1.29, 1.82) is 0 Å². The van der Waals surface area contributed by atoms with Crippen LogP contribution in [-0.4, -0.2) is 51.4 Å². The molecular formula is C21H21NO7. The second-order valence-electron chi connectivity index (χ2n) is 7.37. The summed E-state index contributed by atoms with van der Waals surface area (Å²) >= 11 is 0. The Bertz CT molecular complexity index is 991. The Hall–Kier alpha value is -2.78. The molecule has 1 heterocycles. The van der Waals surface area contributed by atoms with Crippen molar-refractivity contribution in [1.82, 2.24) is 0 Å². The number of benzene rings is 2. The van der Waals surface area contributed by atoms with Gasteiger partial charge in [-0.05, 0) is 30.7 Å². The van der Waals surface area contributed by atoms with Crippen LogP contribution in [0.3, 0.4) is 0 Å². The lowest BCUT2D eigenvalue weighted by Gasteiger charge is -2.35. The van der Waals surface area contributed by atoms with E-state index in [1.165, 1.54) is 30.3 Å². The monoisotopic (exact) mass is 399 g/mol. The third-order valence-electron chi connectivity index (χ3n) is 5.35. The lowest BCUT2D eigenvalue weighted by atomic mass is 9.82. The zero-order valence-electron chi connectivity index (χ0n) is 15.7. The molecular weight excluding hydrogens is 378 g/mol. The third kappa shape index (κ3) is 3.30. The van der Waals surface area contributed by atoms with Crippen LogP contribution in [0.15, 0.2) is 30.3 Å². The van der Waals surface area contributed by atoms with Gasteiger partial charge in [0.05, 0.1) is 29.9 Å². The van der Waals surface area contributed by atoms with Crippen LogP contribution in [0.1, 0.15) is 50.8 Å². The predicted molar refractivity (Wildman–Crippen MR) is 101 cm³/mol. The van der Waals surface area contributed by atoms with Gasteiger partial charge >= 0.3 is 0 Å². The number of ether oxygens (including phenoxy) is 2. The van der Waals surface area contributed by atoms with E-state index in [2.05, 4.69) is 0 Å². The fraction of sp³-hybridized carbons (Fsp3) is 0.333. The van der Waals surface area contributed by atoms with Gasteiger partial charge in [0.2, 0.25) is 5.78 Å². The number of phenols is 2. The van der Waals surface area contributed by atoms with Gasteiger partial charge in [-0.1, -0.05) is 12.1 Å². The standard InChI is InChI=1S/C21H21NO7/c1-9-19(25)13(22)7-16(29-9)28-8-10-5-12-18(15(24)6-10)21(27)17-11(20(12)26)3-2-4-14(17)23/h2-6,9,13,16,19,23-25H,7-8,22H2,1H3/t9-,13-,16+,19+/m0/s1. The van der Waals surface area contributed by atoms with Gasteiger partial charge in [0.25, 0.3) is 0 Å². The minimum Gasteiger partial charge on any atom is -0.507 e. The van der Waals surface area contributed by atoms with Crippen molar-refractivity contribution in [3.05, 3.63) is 58.1 Å². The van der Waals surface area contributed by atoms with Crippen molar-refractivity contribution in [2.75, 3.05) is 0 Å². The summed E-state index contributed by atoms with van der Waals surface area (Å²) < 4.78 is 11.3. The number of fused-ring (bicyclic) bond motifs is 2. The molecule has 1 saturated heterocycles. The average molecular weight is 399 g/mol. The molecule has 0 amide bonds. The quantitative estimate of drug-likeness (QED) is 0.515. The summed E-state index contributed by atoms with van der Waals surface area (Å²) in [7, 11) is 0. The summed E-state index contributed by atoms with van der Waals surface area (Å²) in [6, 6.07) is 6.61. The Morgan fingerprint density at radius 1 is 1.10 bits per heavy atom. The molecule has 0 spiro atoms. The number of aromatic hydroxyl groups is 2. The van der Waals surface area contributed by atoms with Crippen LogP contribution in [0.4, 0.5) is 0 Å². The molecule has 0 saturated carbocycles. The van der Waals surface area contributed by atoms with Gasteiger partial charge in [-0.2, -0.15) is 0 Å². The van der Waals surface area contributed by atoms with Crippen LogP contribution < -0.4 is 5.73 Å². The van der Waals surface area contributed by atoms with Crippen molar-refractivity contribution in [2.24, 2.45) is 5.73 Å². The van der Waals surface area contributed by atoms with E-state index in [1.807, 2.05) is 0 Å². The van der Waals surface area contributed by atoms with Crippen molar-refractivity contribution >= 4 is 11.6 Å². The summed E-state index contributed by atoms with van der Waals surface area (Å²) in [6.45, 7) is 1.71. The Kier molecular flexibility index (Phi) is 4.87. The number of ketones is 2.